The van der Waals surface area contributed by atoms with Gasteiger partial charge in [-0.15, -0.1) is 0 Å². The molecule has 0 fully saturated rings. The maximum atomic E-state index is 8.50. The normalized spacial score (nSPS) is 10.4. The highest BCUT2D eigenvalue weighted by atomic mass is 16.2. The average molecular weight is 157 g/mol. The summed E-state index contributed by atoms with van der Waals surface area (Å²) in [4.78, 5) is 0. The third kappa shape index (κ3) is 9.96. The molecule has 1 radical (unpaired) electrons. The topological polar surface area (TPSA) is 20.2 Å². The van der Waals surface area contributed by atoms with Crippen LogP contribution >= 0.6 is 0 Å². The van der Waals surface area contributed by atoms with Gasteiger partial charge >= 0.3 is 0 Å². The van der Waals surface area contributed by atoms with Crippen LogP contribution in [0.1, 0.15) is 51.9 Å². The van der Waals surface area contributed by atoms with E-state index in [0.717, 1.165) is 6.42 Å². The second-order valence-electron chi connectivity index (χ2n) is 2.98. The van der Waals surface area contributed by atoms with Gasteiger partial charge in [-0.1, -0.05) is 45.4 Å². The number of unbranched alkanes of at least 4 members (excludes halogenated alkanes) is 7. The first-order valence-corrected chi connectivity index (χ1v) is 4.84. The molecule has 0 aliphatic carbocycles. The summed E-state index contributed by atoms with van der Waals surface area (Å²) >= 11 is 0. The Kier molecular flexibility index (Phi) is 9.92. The number of rotatable bonds is 8. The third-order valence-corrected chi connectivity index (χ3v) is 1.86. The van der Waals surface area contributed by atoms with Crippen molar-refractivity contribution in [2.45, 2.75) is 51.9 Å². The van der Waals surface area contributed by atoms with Gasteiger partial charge in [0, 0.05) is 6.61 Å². The van der Waals surface area contributed by atoms with Gasteiger partial charge in [0.15, 0.2) is 0 Å². The Bertz CT molecular complexity index is 53.9. The zero-order chi connectivity index (χ0) is 8.36. The first kappa shape index (κ1) is 11.0. The predicted molar refractivity (Wildman–Crippen MR) is 49.4 cm³/mol. The molecule has 0 aromatic heterocycles. The van der Waals surface area contributed by atoms with E-state index in [0.29, 0.717) is 6.61 Å². The molecule has 0 aromatic rings. The molecule has 1 heteroatoms. The van der Waals surface area contributed by atoms with Gasteiger partial charge in [0.05, 0.1) is 0 Å². The highest BCUT2D eigenvalue weighted by Gasteiger charge is 1.89. The minimum Gasteiger partial charge on any atom is -0.396 e. The summed E-state index contributed by atoms with van der Waals surface area (Å²) in [7, 11) is 0. The summed E-state index contributed by atoms with van der Waals surface area (Å²) < 4.78 is 0. The van der Waals surface area contributed by atoms with Crippen LogP contribution in [0.15, 0.2) is 0 Å². The molecule has 0 saturated carbocycles. The van der Waals surface area contributed by atoms with Crippen molar-refractivity contribution in [3.63, 3.8) is 0 Å². The lowest BCUT2D eigenvalue weighted by Crippen LogP contribution is -1.83. The Morgan fingerprint density at radius 3 is 2.27 bits per heavy atom. The largest absolute Gasteiger partial charge is 0.396 e. The molecular formula is C10H21O. The third-order valence-electron chi connectivity index (χ3n) is 1.86. The molecule has 0 heterocycles. The van der Waals surface area contributed by atoms with Crippen LogP contribution in [0.25, 0.3) is 0 Å². The predicted octanol–water partition coefficient (Wildman–Crippen LogP) is 2.93. The number of hydrogen-bond donors (Lipinski definition) is 1. The van der Waals surface area contributed by atoms with Crippen LogP contribution in [0.4, 0.5) is 0 Å². The van der Waals surface area contributed by atoms with E-state index in [9.17, 15) is 0 Å². The molecule has 0 aromatic carbocycles. The van der Waals surface area contributed by atoms with Crippen LogP contribution in [0.2, 0.25) is 0 Å². The molecule has 0 bridgehead atoms. The standard InChI is InChI=1S/C10H21O/c1-2-3-4-5-6-7-8-9-10-11/h3,11H,2,4-10H2,1H3. The quantitative estimate of drug-likeness (QED) is 0.537. The van der Waals surface area contributed by atoms with Crippen LogP contribution in [-0.4, -0.2) is 11.7 Å². The van der Waals surface area contributed by atoms with E-state index < -0.39 is 0 Å². The van der Waals surface area contributed by atoms with Gasteiger partial charge in [0.25, 0.3) is 0 Å². The molecule has 0 unspecified atom stereocenters. The maximum Gasteiger partial charge on any atom is 0.0431 e. The highest BCUT2D eigenvalue weighted by Crippen LogP contribution is 2.06. The minimum absolute atomic E-state index is 0.362. The van der Waals surface area contributed by atoms with Crippen molar-refractivity contribution >= 4 is 0 Å². The molecule has 0 spiro atoms. The number of hydrogen-bond acceptors (Lipinski definition) is 1. The molecule has 0 aliphatic rings. The van der Waals surface area contributed by atoms with Crippen molar-refractivity contribution in [1.29, 1.82) is 0 Å². The van der Waals surface area contributed by atoms with Crippen molar-refractivity contribution in [2.75, 3.05) is 6.61 Å². The Morgan fingerprint density at radius 2 is 1.64 bits per heavy atom. The lowest BCUT2D eigenvalue weighted by molar-refractivity contribution is 0.282. The summed E-state index contributed by atoms with van der Waals surface area (Å²) in [6.07, 6.45) is 11.0. The van der Waals surface area contributed by atoms with Crippen LogP contribution < -0.4 is 0 Å². The van der Waals surface area contributed by atoms with E-state index in [-0.39, 0.29) is 0 Å². The molecule has 0 rings (SSSR count). The summed E-state index contributed by atoms with van der Waals surface area (Å²) in [5.41, 5.74) is 0. The second-order valence-corrected chi connectivity index (χ2v) is 2.98. The first-order chi connectivity index (χ1) is 5.41. The molecule has 0 amide bonds. The molecule has 0 atom stereocenters. The van der Waals surface area contributed by atoms with Crippen LogP contribution in [0.3, 0.4) is 0 Å². The molecule has 11 heavy (non-hydrogen) atoms. The van der Waals surface area contributed by atoms with Gasteiger partial charge < -0.3 is 5.11 Å². The van der Waals surface area contributed by atoms with Crippen molar-refractivity contribution in [3.8, 4) is 0 Å². The van der Waals surface area contributed by atoms with Crippen molar-refractivity contribution in [2.24, 2.45) is 0 Å². The molecule has 1 N–H and O–H groups in total. The number of aliphatic hydroxyl groups is 1. The van der Waals surface area contributed by atoms with Gasteiger partial charge in [-0.05, 0) is 12.8 Å². The SMILES string of the molecule is CC[CH]CCCCCCCO. The lowest BCUT2D eigenvalue weighted by atomic mass is 10.1. The fourth-order valence-electron chi connectivity index (χ4n) is 1.13. The van der Waals surface area contributed by atoms with Crippen LogP contribution in [0.5, 0.6) is 0 Å². The Balaban J connectivity index is 2.69. The summed E-state index contributed by atoms with van der Waals surface area (Å²) in [6, 6.07) is 0. The summed E-state index contributed by atoms with van der Waals surface area (Å²) in [5, 5.41) is 8.50. The van der Waals surface area contributed by atoms with Gasteiger partial charge in [0.2, 0.25) is 0 Å². The monoisotopic (exact) mass is 157 g/mol. The zero-order valence-electron chi connectivity index (χ0n) is 7.68. The van der Waals surface area contributed by atoms with E-state index in [1.165, 1.54) is 38.5 Å². The lowest BCUT2D eigenvalue weighted by Gasteiger charge is -1.98. The van der Waals surface area contributed by atoms with E-state index >= 15 is 0 Å². The van der Waals surface area contributed by atoms with Crippen LogP contribution in [0, 0.1) is 6.42 Å². The average Bonchev–Trinajstić information content (AvgIpc) is 2.03. The maximum absolute atomic E-state index is 8.50. The molecular weight excluding hydrogens is 136 g/mol. The summed E-state index contributed by atoms with van der Waals surface area (Å²) in [6.45, 7) is 2.55. The fraction of sp³-hybridized carbons (Fsp3) is 0.900. The Hall–Kier alpha value is -0.0400. The van der Waals surface area contributed by atoms with Gasteiger partial charge in [-0.3, -0.25) is 0 Å². The Labute approximate surface area is 70.8 Å². The first-order valence-electron chi connectivity index (χ1n) is 4.84. The molecule has 0 saturated heterocycles. The zero-order valence-corrected chi connectivity index (χ0v) is 7.68. The highest BCUT2D eigenvalue weighted by molar-refractivity contribution is 4.60. The van der Waals surface area contributed by atoms with Gasteiger partial charge in [0.1, 0.15) is 0 Å². The smallest absolute Gasteiger partial charge is 0.0431 e. The number of aliphatic hydroxyl groups excluding tert-OH is 1. The summed E-state index contributed by atoms with van der Waals surface area (Å²) in [5.74, 6) is 0. The van der Waals surface area contributed by atoms with E-state index in [2.05, 4.69) is 13.3 Å². The van der Waals surface area contributed by atoms with Crippen molar-refractivity contribution in [1.82, 2.24) is 0 Å². The molecule has 1 nitrogen and oxygen atoms in total. The van der Waals surface area contributed by atoms with Crippen LogP contribution in [-0.2, 0) is 0 Å². The minimum atomic E-state index is 0.362. The van der Waals surface area contributed by atoms with Gasteiger partial charge in [-0.2, -0.15) is 0 Å². The van der Waals surface area contributed by atoms with E-state index in [1.54, 1.807) is 0 Å². The van der Waals surface area contributed by atoms with E-state index in [1.807, 2.05) is 0 Å². The van der Waals surface area contributed by atoms with E-state index in [4.69, 9.17) is 5.11 Å². The Morgan fingerprint density at radius 1 is 1.00 bits per heavy atom. The fourth-order valence-corrected chi connectivity index (χ4v) is 1.13. The van der Waals surface area contributed by atoms with Gasteiger partial charge in [-0.25, -0.2) is 0 Å². The van der Waals surface area contributed by atoms with Crippen molar-refractivity contribution < 1.29 is 5.11 Å². The molecule has 0 aliphatic heterocycles. The molecule has 67 valence electrons. The van der Waals surface area contributed by atoms with Crippen molar-refractivity contribution in [3.05, 3.63) is 6.42 Å². The second kappa shape index (κ2) is 9.96.